The average Bonchev–Trinajstić information content (AvgIpc) is 3.19. The summed E-state index contributed by atoms with van der Waals surface area (Å²) >= 11 is 18.7. The summed E-state index contributed by atoms with van der Waals surface area (Å²) in [5, 5.41) is 1.43. The van der Waals surface area contributed by atoms with Crippen LogP contribution in [0.15, 0.2) is 77.9 Å². The molecule has 0 fully saturated rings. The highest BCUT2D eigenvalue weighted by atomic mass is 35.5. The van der Waals surface area contributed by atoms with Gasteiger partial charge in [-0.1, -0.05) is 53.0 Å². The van der Waals surface area contributed by atoms with E-state index in [2.05, 4.69) is 4.98 Å². The van der Waals surface area contributed by atoms with E-state index in [0.717, 1.165) is 11.3 Å². The van der Waals surface area contributed by atoms with Crippen molar-refractivity contribution >= 4 is 46.0 Å². The van der Waals surface area contributed by atoms with E-state index in [1.807, 2.05) is 35.8 Å². The second-order valence-electron chi connectivity index (χ2n) is 7.25. The van der Waals surface area contributed by atoms with Gasteiger partial charge in [-0.05, 0) is 61.0 Å². The van der Waals surface area contributed by atoms with Gasteiger partial charge in [-0.2, -0.15) is 0 Å². The molecule has 0 spiro atoms. The molecule has 8 heteroatoms. The molecule has 32 heavy (non-hydrogen) atoms. The number of benzene rings is 3. The van der Waals surface area contributed by atoms with Gasteiger partial charge in [0, 0.05) is 15.6 Å². The molecule has 0 unspecified atom stereocenters. The fraction of sp³-hybridized carbons (Fsp3) is 0.0417. The van der Waals surface area contributed by atoms with Crippen molar-refractivity contribution in [1.29, 1.82) is 0 Å². The predicted octanol–water partition coefficient (Wildman–Crippen LogP) is 6.51. The fourth-order valence-electron chi connectivity index (χ4n) is 3.64. The van der Waals surface area contributed by atoms with Crippen molar-refractivity contribution in [3.05, 3.63) is 104 Å². The number of para-hydroxylation sites is 1. The number of imidazole rings is 1. The number of aromatic nitrogens is 4. The average molecular weight is 482 g/mol. The van der Waals surface area contributed by atoms with Crippen LogP contribution in [0.2, 0.25) is 15.1 Å². The molecular weight excluding hydrogens is 467 g/mol. The van der Waals surface area contributed by atoms with Gasteiger partial charge < -0.3 is 0 Å². The van der Waals surface area contributed by atoms with Crippen molar-refractivity contribution in [3.8, 4) is 22.8 Å². The number of aryl methyl sites for hydroxylation is 1. The molecule has 5 nitrogen and oxygen atoms in total. The molecule has 2 heterocycles. The maximum atomic E-state index is 13.7. The van der Waals surface area contributed by atoms with Gasteiger partial charge in [0.15, 0.2) is 17.0 Å². The van der Waals surface area contributed by atoms with E-state index in [0.29, 0.717) is 37.8 Å². The van der Waals surface area contributed by atoms with Crippen LogP contribution in [-0.2, 0) is 0 Å². The lowest BCUT2D eigenvalue weighted by Gasteiger charge is -2.15. The summed E-state index contributed by atoms with van der Waals surface area (Å²) < 4.78 is 3.30. The molecule has 0 N–H and O–H groups in total. The molecule has 0 saturated carbocycles. The fourth-order valence-corrected chi connectivity index (χ4v) is 4.26. The van der Waals surface area contributed by atoms with Crippen LogP contribution < -0.4 is 5.56 Å². The Morgan fingerprint density at radius 1 is 0.875 bits per heavy atom. The lowest BCUT2D eigenvalue weighted by Crippen LogP contribution is -2.22. The van der Waals surface area contributed by atoms with Gasteiger partial charge in [0.2, 0.25) is 0 Å². The van der Waals surface area contributed by atoms with Crippen molar-refractivity contribution in [2.24, 2.45) is 0 Å². The molecule has 5 aromatic rings. The summed E-state index contributed by atoms with van der Waals surface area (Å²) in [5.41, 5.74) is 3.46. The first-order valence-corrected chi connectivity index (χ1v) is 10.8. The van der Waals surface area contributed by atoms with Gasteiger partial charge in [-0.25, -0.2) is 9.97 Å². The van der Waals surface area contributed by atoms with Crippen LogP contribution >= 0.6 is 34.8 Å². The van der Waals surface area contributed by atoms with E-state index in [-0.39, 0.29) is 11.1 Å². The Hall–Kier alpha value is -3.12. The molecule has 0 aliphatic heterocycles. The largest absolute Gasteiger partial charge is 0.286 e. The second-order valence-corrected chi connectivity index (χ2v) is 8.53. The van der Waals surface area contributed by atoms with E-state index in [9.17, 15) is 4.79 Å². The summed E-state index contributed by atoms with van der Waals surface area (Å²) in [7, 11) is 0. The Labute approximate surface area is 198 Å². The molecule has 0 bridgehead atoms. The monoisotopic (exact) mass is 480 g/mol. The van der Waals surface area contributed by atoms with Crippen molar-refractivity contribution < 1.29 is 0 Å². The van der Waals surface area contributed by atoms with Crippen LogP contribution in [0.25, 0.3) is 33.9 Å². The minimum atomic E-state index is -0.314. The van der Waals surface area contributed by atoms with E-state index < -0.39 is 0 Å². The molecule has 3 aromatic carbocycles. The Kier molecular flexibility index (Phi) is 5.25. The number of rotatable bonds is 3. The zero-order valence-corrected chi connectivity index (χ0v) is 19.0. The highest BCUT2D eigenvalue weighted by Gasteiger charge is 2.20. The van der Waals surface area contributed by atoms with Crippen molar-refractivity contribution in [2.45, 2.75) is 6.92 Å². The Morgan fingerprint density at radius 3 is 2.31 bits per heavy atom. The summed E-state index contributed by atoms with van der Waals surface area (Å²) in [4.78, 5) is 22.9. The normalized spacial score (nSPS) is 11.2. The minimum absolute atomic E-state index is 0.247. The predicted molar refractivity (Wildman–Crippen MR) is 130 cm³/mol. The zero-order chi connectivity index (χ0) is 22.4. The topological polar surface area (TPSA) is 52.7 Å². The van der Waals surface area contributed by atoms with Crippen molar-refractivity contribution in [2.75, 3.05) is 0 Å². The number of hydrogen-bond acceptors (Lipinski definition) is 3. The molecule has 0 amide bonds. The highest BCUT2D eigenvalue weighted by Crippen LogP contribution is 2.31. The number of hydrogen-bond donors (Lipinski definition) is 0. The third-order valence-electron chi connectivity index (χ3n) is 5.20. The summed E-state index contributed by atoms with van der Waals surface area (Å²) in [6, 6.07) is 19.9. The smallest absolute Gasteiger partial charge is 0.283 e. The first kappa shape index (κ1) is 20.8. The number of fused-ring (bicyclic) bond motifs is 1. The molecule has 0 aliphatic carbocycles. The first-order valence-electron chi connectivity index (χ1n) is 9.71. The number of halogens is 3. The molecule has 0 aliphatic rings. The highest BCUT2D eigenvalue weighted by molar-refractivity contribution is 6.36. The first-order chi connectivity index (χ1) is 15.4. The molecule has 2 aromatic heterocycles. The summed E-state index contributed by atoms with van der Waals surface area (Å²) in [6.07, 6.45) is 1.61. The van der Waals surface area contributed by atoms with Crippen LogP contribution in [0.3, 0.4) is 0 Å². The van der Waals surface area contributed by atoms with Gasteiger partial charge in [0.1, 0.15) is 6.33 Å². The van der Waals surface area contributed by atoms with Gasteiger partial charge in [-0.15, -0.1) is 0 Å². The van der Waals surface area contributed by atoms with Gasteiger partial charge >= 0.3 is 0 Å². The Balaban J connectivity index is 1.88. The minimum Gasteiger partial charge on any atom is -0.283 e. The lowest BCUT2D eigenvalue weighted by atomic mass is 10.2. The summed E-state index contributed by atoms with van der Waals surface area (Å²) in [5.74, 6) is 0.377. The van der Waals surface area contributed by atoms with E-state index in [1.165, 1.54) is 4.57 Å². The maximum absolute atomic E-state index is 13.7. The maximum Gasteiger partial charge on any atom is 0.286 e. The quantitative estimate of drug-likeness (QED) is 0.295. The molecule has 0 saturated heterocycles. The third-order valence-corrected chi connectivity index (χ3v) is 6.00. The van der Waals surface area contributed by atoms with Crippen molar-refractivity contribution in [1.82, 2.24) is 19.1 Å². The molecule has 158 valence electrons. The van der Waals surface area contributed by atoms with Crippen LogP contribution in [0.4, 0.5) is 0 Å². The van der Waals surface area contributed by atoms with E-state index in [1.54, 1.807) is 48.8 Å². The third kappa shape index (κ3) is 3.48. The van der Waals surface area contributed by atoms with Gasteiger partial charge in [0.05, 0.1) is 16.4 Å². The summed E-state index contributed by atoms with van der Waals surface area (Å²) in [6.45, 7) is 1.99. The molecule has 0 radical (unpaired) electrons. The van der Waals surface area contributed by atoms with Gasteiger partial charge in [-0.3, -0.25) is 13.9 Å². The SMILES string of the molecule is Cc1ccccc1-n1cnc2c(=O)n(-c3ccc(Cl)cc3)c(-c3ccc(Cl)cc3Cl)nc21. The Bertz CT molecular complexity index is 1540. The van der Waals surface area contributed by atoms with Crippen LogP contribution in [-0.4, -0.2) is 19.1 Å². The molecule has 5 rings (SSSR count). The molecule has 0 atom stereocenters. The van der Waals surface area contributed by atoms with Crippen LogP contribution in [0, 0.1) is 6.92 Å². The lowest BCUT2D eigenvalue weighted by molar-refractivity contribution is 0.961. The molecular formula is C24H15Cl3N4O. The van der Waals surface area contributed by atoms with E-state index in [4.69, 9.17) is 39.8 Å². The van der Waals surface area contributed by atoms with Crippen LogP contribution in [0.5, 0.6) is 0 Å². The second kappa shape index (κ2) is 8.10. The van der Waals surface area contributed by atoms with E-state index >= 15 is 0 Å². The van der Waals surface area contributed by atoms with Crippen LogP contribution in [0.1, 0.15) is 5.56 Å². The Morgan fingerprint density at radius 2 is 1.59 bits per heavy atom. The zero-order valence-electron chi connectivity index (χ0n) is 16.8. The van der Waals surface area contributed by atoms with Gasteiger partial charge in [0.25, 0.3) is 5.56 Å². The van der Waals surface area contributed by atoms with Crippen molar-refractivity contribution in [3.63, 3.8) is 0 Å². The number of nitrogens with zero attached hydrogens (tertiary/aromatic N) is 4. The standard InChI is InChI=1S/C24H15Cl3N4O/c1-14-4-2-3-5-20(14)30-13-28-21-23(30)29-22(18-11-8-16(26)12-19(18)27)31(24(21)32)17-9-6-15(25)7-10-17/h2-13H,1H3.